The van der Waals surface area contributed by atoms with Crippen molar-refractivity contribution in [1.29, 1.82) is 0 Å². The van der Waals surface area contributed by atoms with E-state index in [1.807, 2.05) is 0 Å². The van der Waals surface area contributed by atoms with Gasteiger partial charge in [-0.25, -0.2) is 0 Å². The van der Waals surface area contributed by atoms with Gasteiger partial charge in [-0.3, -0.25) is 0 Å². The summed E-state index contributed by atoms with van der Waals surface area (Å²) in [4.78, 5) is 0. The van der Waals surface area contributed by atoms with E-state index >= 15 is 0 Å². The Labute approximate surface area is 221 Å². The maximum absolute atomic E-state index is 0. The fourth-order valence-corrected chi connectivity index (χ4v) is 0. The molecule has 0 rings (SSSR count). The molecule has 12 radical (unpaired) electrons. The Kier molecular flexibility index (Phi) is 1070. The quantitative estimate of drug-likeness (QED) is 0.259. The Hall–Kier alpha value is 7.17. The predicted octanol–water partition coefficient (Wildman–Crippen LogP) is -4.57. The van der Waals surface area contributed by atoms with Crippen LogP contribution in [0.2, 0.25) is 0 Å². The van der Waals surface area contributed by atoms with Crippen LogP contribution in [0, 0.1) is 0 Å². The van der Waals surface area contributed by atoms with Crippen LogP contribution in [0.3, 0.4) is 0 Å². The molecule has 0 bridgehead atoms. The van der Waals surface area contributed by atoms with Crippen molar-refractivity contribution in [3.63, 3.8) is 0 Å². The van der Waals surface area contributed by atoms with Crippen molar-refractivity contribution in [2.45, 2.75) is 0 Å². The van der Waals surface area contributed by atoms with Gasteiger partial charge in [0.15, 0.2) is 0 Å². The fourth-order valence-electron chi connectivity index (χ4n) is 0. The summed E-state index contributed by atoms with van der Waals surface area (Å²) >= 11 is 0. The normalized spacial score (nSPS) is 0. The zero-order chi connectivity index (χ0) is 0. The monoisotopic (exact) mass is 84.2 g/mol. The molecule has 0 saturated heterocycles. The van der Waals surface area contributed by atoms with E-state index in [1.165, 1.54) is 0 Å². The molecule has 0 aliphatic carbocycles. The van der Waals surface area contributed by atoms with Crippen molar-refractivity contribution in [2.75, 3.05) is 0 Å². The molecular weight excluding hydrogens is 83.3 g/mol. The molecule has 12 heteroatoms. The fraction of sp³-hybridized carbons (Fsp3) is 0. The molecule has 0 aromatic rings. The van der Waals surface area contributed by atoms with Gasteiger partial charge in [0.2, 0.25) is 0 Å². The summed E-state index contributed by atoms with van der Waals surface area (Å²) in [6.45, 7) is 0. The van der Waals surface area contributed by atoms with Gasteiger partial charge in [-0.05, 0) is 0 Å². The molecule has 0 aromatic heterocycles. The van der Waals surface area contributed by atoms with Crippen molar-refractivity contribution in [2.24, 2.45) is 0 Å². The summed E-state index contributed by atoms with van der Waals surface area (Å²) in [6.07, 6.45) is 0. The molecule has 0 amide bonds. The molecule has 0 heterocycles. The van der Waals surface area contributed by atoms with Gasteiger partial charge >= 0.3 is 0 Å². The minimum absolute atomic E-state index is 0. The van der Waals surface area contributed by atoms with Crippen LogP contribution < -0.4 is 0 Å². The molecule has 0 fully saturated rings. The summed E-state index contributed by atoms with van der Waals surface area (Å²) in [5, 5.41) is 0. The van der Waals surface area contributed by atoms with Crippen molar-refractivity contribution < 1.29 is 0 Å². The average molecular weight is 83.3 g/mol. The minimum atomic E-state index is 0. The van der Waals surface area contributed by atoms with Crippen LogP contribution in [-0.2, 0) is 0 Å². The van der Waals surface area contributed by atoms with E-state index in [0.717, 1.165) is 0 Å². The first-order valence-electron chi connectivity index (χ1n) is 0. The van der Waals surface area contributed by atoms with Gasteiger partial charge in [-0.15, -0.1) is 0 Å². The molecule has 0 spiro atoms. The summed E-state index contributed by atoms with van der Waals surface area (Å²) < 4.78 is 0. The Morgan fingerprint density at radius 1 is 0.0833 bits per heavy atom. The molecule has 0 N–H and O–H groups in total. The van der Waals surface area contributed by atoms with Crippen molar-refractivity contribution in [3.8, 4) is 0 Å². The standard InChI is InChI=1S/12Li. The SMILES string of the molecule is [Li].[Li].[Li].[Li].[Li].[Li].[Li].[Li].[Li].[Li].[Li].[Li]. The predicted molar refractivity (Wildman–Crippen MR) is 69.0 cm³/mol. The molecule has 12 valence electrons. The third kappa shape index (κ3) is 87.3. The van der Waals surface area contributed by atoms with E-state index in [1.54, 1.807) is 0 Å². The van der Waals surface area contributed by atoms with Gasteiger partial charge < -0.3 is 0 Å². The van der Waals surface area contributed by atoms with E-state index in [9.17, 15) is 0 Å². The van der Waals surface area contributed by atoms with Crippen molar-refractivity contribution in [1.82, 2.24) is 0 Å². The molecule has 0 saturated carbocycles. The molecule has 0 aromatic carbocycles. The molecule has 12 heavy (non-hydrogen) atoms. The number of hydrogen-bond donors (Lipinski definition) is 0. The molecular formula is Li12. The van der Waals surface area contributed by atoms with E-state index in [0.29, 0.717) is 0 Å². The second kappa shape index (κ2) is 104. The van der Waals surface area contributed by atoms with Gasteiger partial charge in [-0.2, -0.15) is 0 Å². The first-order valence-corrected chi connectivity index (χ1v) is 0. The Balaban J connectivity index is 0. The summed E-state index contributed by atoms with van der Waals surface area (Å²) in [6, 6.07) is 0. The molecule has 0 aliphatic heterocycles. The second-order valence-corrected chi connectivity index (χ2v) is 0. The smallest absolute Gasteiger partial charge is 0 e. The topological polar surface area (TPSA) is 0 Å². The Morgan fingerprint density at radius 3 is 0.0833 bits per heavy atom. The zero-order valence-corrected chi connectivity index (χ0v) is 12.0. The Morgan fingerprint density at radius 2 is 0.0833 bits per heavy atom. The van der Waals surface area contributed by atoms with Crippen LogP contribution in [-0.4, -0.2) is 226 Å². The maximum atomic E-state index is 0. The average Bonchev–Trinajstić information content (AvgIpc) is 0. The molecule has 0 aliphatic rings. The van der Waals surface area contributed by atoms with E-state index in [-0.39, 0.29) is 226 Å². The maximum Gasteiger partial charge on any atom is 0 e. The largest absolute Gasteiger partial charge is 0 e. The van der Waals surface area contributed by atoms with Gasteiger partial charge in [0.1, 0.15) is 0 Å². The van der Waals surface area contributed by atoms with E-state index in [4.69, 9.17) is 0 Å². The summed E-state index contributed by atoms with van der Waals surface area (Å²) in [5.41, 5.74) is 0. The third-order valence-electron chi connectivity index (χ3n) is 0. The summed E-state index contributed by atoms with van der Waals surface area (Å²) in [7, 11) is 0. The van der Waals surface area contributed by atoms with Gasteiger partial charge in [0.25, 0.3) is 0 Å². The molecule has 0 atom stereocenters. The van der Waals surface area contributed by atoms with Crippen LogP contribution in [0.25, 0.3) is 0 Å². The van der Waals surface area contributed by atoms with Crippen molar-refractivity contribution >= 4 is 226 Å². The first kappa shape index (κ1) is 123. The van der Waals surface area contributed by atoms with E-state index in [2.05, 4.69) is 0 Å². The van der Waals surface area contributed by atoms with Crippen LogP contribution >= 0.6 is 0 Å². The van der Waals surface area contributed by atoms with Gasteiger partial charge in [0, 0.05) is 226 Å². The second-order valence-electron chi connectivity index (χ2n) is 0. The number of rotatable bonds is 0. The first-order chi connectivity index (χ1) is 0. The summed E-state index contributed by atoms with van der Waals surface area (Å²) in [5.74, 6) is 0. The van der Waals surface area contributed by atoms with Gasteiger partial charge in [-0.1, -0.05) is 0 Å². The van der Waals surface area contributed by atoms with Crippen LogP contribution in [0.4, 0.5) is 0 Å². The Bertz CT molecular complexity index is 0. The minimum Gasteiger partial charge on any atom is 0 e. The third-order valence-corrected chi connectivity index (χ3v) is 0. The van der Waals surface area contributed by atoms with Crippen LogP contribution in [0.5, 0.6) is 0 Å². The van der Waals surface area contributed by atoms with Crippen LogP contribution in [0.15, 0.2) is 0 Å². The van der Waals surface area contributed by atoms with E-state index < -0.39 is 0 Å². The number of hydrogen-bond acceptors (Lipinski definition) is 0. The zero-order valence-electron chi connectivity index (χ0n) is 12.0. The molecule has 0 unspecified atom stereocenters. The van der Waals surface area contributed by atoms with Crippen molar-refractivity contribution in [3.05, 3.63) is 0 Å². The molecule has 0 nitrogen and oxygen atoms in total. The van der Waals surface area contributed by atoms with Gasteiger partial charge in [0.05, 0.1) is 0 Å². The van der Waals surface area contributed by atoms with Crippen LogP contribution in [0.1, 0.15) is 0 Å².